The fourth-order valence-electron chi connectivity index (χ4n) is 11.6. The largest absolute Gasteiger partial charge is 0.573 e. The Hall–Kier alpha value is -4.55. The Kier molecular flexibility index (Phi) is 9.08. The fourth-order valence-corrected chi connectivity index (χ4v) is 11.6. The molecule has 6 aliphatic carbocycles. The number of anilines is 1. The third kappa shape index (κ3) is 5.97. The van der Waals surface area contributed by atoms with Gasteiger partial charge in [0.05, 0.1) is 18.2 Å². The van der Waals surface area contributed by atoms with Gasteiger partial charge in [0.15, 0.2) is 17.4 Å². The summed E-state index contributed by atoms with van der Waals surface area (Å²) < 4.78 is 71.5. The first-order chi connectivity index (χ1) is 26.4. The second-order valence-electron chi connectivity index (χ2n) is 17.1. The smallest absolute Gasteiger partial charge is 0.406 e. The highest BCUT2D eigenvalue weighted by atomic mass is 19.4. The fraction of sp³-hybridized carbons (Fsp3) is 0.455. The molecule has 12 heteroatoms. The second-order valence-corrected chi connectivity index (χ2v) is 17.1. The topological polar surface area (TPSA) is 99.1 Å². The number of nitrogens with one attached hydrogen (secondary N) is 1. The molecule has 2 amide bonds. The number of nitrogens with zero attached hydrogens (tertiary/aromatic N) is 1. The molecule has 7 nitrogen and oxygen atoms in total. The van der Waals surface area contributed by atoms with Crippen LogP contribution in [0, 0.1) is 45.1 Å². The average Bonchev–Trinajstić information content (AvgIpc) is 3.42. The average molecular weight is 777 g/mol. The van der Waals surface area contributed by atoms with Crippen molar-refractivity contribution in [2.45, 2.75) is 83.4 Å². The van der Waals surface area contributed by atoms with Crippen LogP contribution < -0.4 is 10.1 Å². The summed E-state index contributed by atoms with van der Waals surface area (Å²) >= 11 is 0. The molecular weight excluding hydrogens is 731 g/mol. The molecule has 8 atom stereocenters. The van der Waals surface area contributed by atoms with Gasteiger partial charge in [-0.3, -0.25) is 4.79 Å². The summed E-state index contributed by atoms with van der Waals surface area (Å²) in [5.41, 5.74) is -2.62. The van der Waals surface area contributed by atoms with E-state index in [1.165, 1.54) is 35.2 Å². The zero-order chi connectivity index (χ0) is 39.9. The van der Waals surface area contributed by atoms with Gasteiger partial charge in [0.1, 0.15) is 5.75 Å². The highest BCUT2D eigenvalue weighted by Gasteiger charge is 2.74. The first kappa shape index (κ1) is 38.3. The molecule has 1 unspecified atom stereocenters. The van der Waals surface area contributed by atoms with Crippen molar-refractivity contribution >= 4 is 17.5 Å². The number of carbonyl (C=O) groups is 2. The number of aliphatic hydroxyl groups is 2. The molecule has 3 aromatic rings. The number of fused-ring (bicyclic) bond motifs is 1. The summed E-state index contributed by atoms with van der Waals surface area (Å²) in [6.45, 7) is 4.10. The molecule has 3 fully saturated rings. The zero-order valence-electron chi connectivity index (χ0n) is 31.2. The molecule has 3 saturated carbocycles. The van der Waals surface area contributed by atoms with Crippen LogP contribution in [-0.2, 0) is 6.54 Å². The lowest BCUT2D eigenvalue weighted by atomic mass is 9.32. The third-order valence-corrected chi connectivity index (χ3v) is 14.4. The van der Waals surface area contributed by atoms with E-state index in [0.717, 1.165) is 18.6 Å². The molecule has 3 aromatic carbocycles. The van der Waals surface area contributed by atoms with Gasteiger partial charge in [-0.1, -0.05) is 62.4 Å². The lowest BCUT2D eigenvalue weighted by Gasteiger charge is -2.71. The zero-order valence-corrected chi connectivity index (χ0v) is 31.2. The standard InChI is InChI=1S/C44H45F5N2O5/c1-39-17-14-30(52)23-41(39)20-21-43(32(24-41)37(53)28-10-13-33(45)34(46)22-28)35(39)15-18-40(2)36(43)16-19-42(40,55)26-51(38(54)50-29-6-4-3-5-7-29)25-27-8-11-31(12-9-27)56-44(47,48)49/h3-13,20-22,24,30,35-36,52,55H,14-19,23,25-26H2,1-2H3,(H,50,54)/t30?,35-,36-,39-,40+,41+,42-,43-/m1/s1. The summed E-state index contributed by atoms with van der Waals surface area (Å²) in [6.07, 6.45) is 4.58. The summed E-state index contributed by atoms with van der Waals surface area (Å²) in [5.74, 6) is -3.36. The van der Waals surface area contributed by atoms with E-state index in [4.69, 9.17) is 0 Å². The maximum absolute atomic E-state index is 14.7. The predicted molar refractivity (Wildman–Crippen MR) is 198 cm³/mol. The Labute approximate surface area is 322 Å². The minimum Gasteiger partial charge on any atom is -0.406 e. The van der Waals surface area contributed by atoms with Crippen LogP contribution in [0.3, 0.4) is 0 Å². The van der Waals surface area contributed by atoms with E-state index < -0.39 is 63.5 Å². The van der Waals surface area contributed by atoms with Gasteiger partial charge in [-0.15, -0.1) is 13.2 Å². The van der Waals surface area contributed by atoms with Gasteiger partial charge >= 0.3 is 12.4 Å². The molecule has 6 aliphatic rings. The molecule has 9 rings (SSSR count). The van der Waals surface area contributed by atoms with Crippen molar-refractivity contribution in [1.29, 1.82) is 0 Å². The first-order valence-corrected chi connectivity index (χ1v) is 19.2. The van der Waals surface area contributed by atoms with Gasteiger partial charge in [0.2, 0.25) is 0 Å². The number of urea groups is 1. The Morgan fingerprint density at radius 1 is 0.875 bits per heavy atom. The normalized spacial score (nSPS) is 34.2. The lowest BCUT2D eigenvalue weighted by Crippen LogP contribution is -2.67. The van der Waals surface area contributed by atoms with Crippen LogP contribution in [0.2, 0.25) is 0 Å². The van der Waals surface area contributed by atoms with Crippen molar-refractivity contribution in [3.05, 3.63) is 119 Å². The Bertz CT molecular complexity index is 2110. The molecule has 2 bridgehead atoms. The number of para-hydroxylation sites is 1. The van der Waals surface area contributed by atoms with Gasteiger partial charge in [-0.2, -0.15) is 0 Å². The maximum Gasteiger partial charge on any atom is 0.573 e. The minimum absolute atomic E-state index is 0.0228. The van der Waals surface area contributed by atoms with E-state index in [2.05, 4.69) is 29.1 Å². The van der Waals surface area contributed by atoms with Crippen molar-refractivity contribution in [2.75, 3.05) is 11.9 Å². The second kappa shape index (κ2) is 13.3. The highest BCUT2D eigenvalue weighted by molar-refractivity contribution is 6.10. The maximum atomic E-state index is 14.7. The number of aliphatic hydroxyl groups excluding tert-OH is 1. The number of carbonyl (C=O) groups excluding carboxylic acids is 2. The predicted octanol–water partition coefficient (Wildman–Crippen LogP) is 9.37. The van der Waals surface area contributed by atoms with Crippen molar-refractivity contribution in [3.8, 4) is 5.75 Å². The van der Waals surface area contributed by atoms with Gasteiger partial charge in [0, 0.05) is 39.6 Å². The number of Topliss-reactive ketones (excluding diaryl/α,β-unsaturated/α-hetero) is 1. The van der Waals surface area contributed by atoms with Gasteiger partial charge < -0.3 is 25.2 Å². The summed E-state index contributed by atoms with van der Waals surface area (Å²) in [7, 11) is 0. The van der Waals surface area contributed by atoms with Crippen LogP contribution in [0.15, 0.2) is 96.6 Å². The molecule has 56 heavy (non-hydrogen) atoms. The van der Waals surface area contributed by atoms with E-state index in [-0.39, 0.29) is 42.3 Å². The highest BCUT2D eigenvalue weighted by Crippen LogP contribution is 2.78. The number of benzene rings is 3. The number of rotatable bonds is 8. The summed E-state index contributed by atoms with van der Waals surface area (Å²) in [6, 6.07) is 16.7. The number of amides is 2. The number of ether oxygens (including phenoxy) is 1. The number of allylic oxidation sites excluding steroid dienone is 4. The van der Waals surface area contributed by atoms with Crippen LogP contribution in [0.25, 0.3) is 0 Å². The number of alkyl halides is 3. The van der Waals surface area contributed by atoms with Crippen molar-refractivity contribution < 1.29 is 46.5 Å². The van der Waals surface area contributed by atoms with E-state index in [1.807, 2.05) is 13.0 Å². The van der Waals surface area contributed by atoms with Crippen molar-refractivity contribution in [1.82, 2.24) is 4.90 Å². The molecule has 2 spiro atoms. The van der Waals surface area contributed by atoms with Crippen LogP contribution in [0.4, 0.5) is 32.4 Å². The molecule has 0 saturated heterocycles. The summed E-state index contributed by atoms with van der Waals surface area (Å²) in [4.78, 5) is 30.3. The first-order valence-electron chi connectivity index (χ1n) is 19.2. The van der Waals surface area contributed by atoms with Crippen molar-refractivity contribution in [3.63, 3.8) is 0 Å². The minimum atomic E-state index is -4.86. The van der Waals surface area contributed by atoms with E-state index in [1.54, 1.807) is 30.3 Å². The van der Waals surface area contributed by atoms with E-state index in [0.29, 0.717) is 48.9 Å². The van der Waals surface area contributed by atoms with Gasteiger partial charge in [-0.25, -0.2) is 13.6 Å². The Morgan fingerprint density at radius 2 is 1.55 bits per heavy atom. The van der Waals surface area contributed by atoms with Crippen LogP contribution >= 0.6 is 0 Å². The third-order valence-electron chi connectivity index (χ3n) is 14.4. The number of hydrogen-bond acceptors (Lipinski definition) is 5. The molecule has 0 radical (unpaired) electrons. The van der Waals surface area contributed by atoms with Crippen LogP contribution in [-0.4, -0.2) is 51.5 Å². The number of ketones is 1. The van der Waals surface area contributed by atoms with Crippen molar-refractivity contribution in [2.24, 2.45) is 33.5 Å². The van der Waals surface area contributed by atoms with Crippen LogP contribution in [0.1, 0.15) is 74.7 Å². The number of hydrogen-bond donors (Lipinski definition) is 3. The molecule has 0 aromatic heterocycles. The van der Waals surface area contributed by atoms with Gasteiger partial charge in [-0.05, 0) is 110 Å². The number of halogens is 5. The molecule has 0 heterocycles. The van der Waals surface area contributed by atoms with E-state index >= 15 is 0 Å². The Balaban J connectivity index is 1.17. The van der Waals surface area contributed by atoms with E-state index in [9.17, 15) is 41.8 Å². The molecule has 0 aliphatic heterocycles. The summed E-state index contributed by atoms with van der Waals surface area (Å²) in [5, 5.41) is 26.9. The van der Waals surface area contributed by atoms with Crippen LogP contribution in [0.5, 0.6) is 5.75 Å². The molecule has 3 N–H and O–H groups in total. The van der Waals surface area contributed by atoms with Gasteiger partial charge in [0.25, 0.3) is 0 Å². The lowest BCUT2D eigenvalue weighted by molar-refractivity contribution is -0.274. The Morgan fingerprint density at radius 3 is 2.25 bits per heavy atom. The molecule has 296 valence electrons. The quantitative estimate of drug-likeness (QED) is 0.120. The SMILES string of the molecule is C[C@]12CC[C@H]3[C@]4(C=C[C@@]5(C=C4C(=O)c4ccc(F)c(F)c4)CC(O)CC[C@]35C)[C@@H]1CC[C@@]2(O)CN(Cc1ccc(OC(F)(F)F)cc1)C(=O)Nc1ccccc1. The monoisotopic (exact) mass is 776 g/mol. The molecular formula is C44H45F5N2O5.